The second-order valence-corrected chi connectivity index (χ2v) is 6.55. The molecule has 2 rings (SSSR count). The van der Waals surface area contributed by atoms with Crippen molar-refractivity contribution in [3.05, 3.63) is 10.9 Å². The summed E-state index contributed by atoms with van der Waals surface area (Å²) >= 11 is 6.27. The molecule has 1 aromatic heterocycles. The molecular formula is C15H24ClN5O. The van der Waals surface area contributed by atoms with Crippen LogP contribution < -0.4 is 10.6 Å². The molecule has 1 heterocycles. The lowest BCUT2D eigenvalue weighted by Crippen LogP contribution is -2.20. The normalized spacial score (nSPS) is 19.0. The van der Waals surface area contributed by atoms with Crippen LogP contribution in [-0.2, 0) is 0 Å². The summed E-state index contributed by atoms with van der Waals surface area (Å²) in [6.07, 6.45) is 1.70. The number of aromatic nitrogens is 3. The number of aliphatic hydroxyl groups excluding tert-OH is 1. The molecule has 1 atom stereocenters. The second kappa shape index (κ2) is 7.24. The molecule has 0 bridgehead atoms. The number of aliphatic hydroxyl groups is 1. The van der Waals surface area contributed by atoms with Crippen LogP contribution in [0.2, 0.25) is 0 Å². The Balaban J connectivity index is 2.42. The lowest BCUT2D eigenvalue weighted by atomic mass is 9.96. The monoisotopic (exact) mass is 325 g/mol. The van der Waals surface area contributed by atoms with Crippen molar-refractivity contribution in [2.24, 2.45) is 0 Å². The van der Waals surface area contributed by atoms with E-state index in [1.807, 2.05) is 27.7 Å². The van der Waals surface area contributed by atoms with Crippen LogP contribution in [-0.4, -0.2) is 38.2 Å². The number of hydrogen-bond donors (Lipinski definition) is 3. The van der Waals surface area contributed by atoms with E-state index in [-0.39, 0.29) is 12.1 Å². The summed E-state index contributed by atoms with van der Waals surface area (Å²) in [5, 5.41) is 16.8. The molecule has 1 aliphatic rings. The van der Waals surface area contributed by atoms with Gasteiger partial charge in [0.25, 0.3) is 0 Å². The van der Waals surface area contributed by atoms with Crippen molar-refractivity contribution in [1.82, 2.24) is 15.0 Å². The molecule has 22 heavy (non-hydrogen) atoms. The largest absolute Gasteiger partial charge is 0.387 e. The van der Waals surface area contributed by atoms with Gasteiger partial charge in [-0.2, -0.15) is 15.0 Å². The van der Waals surface area contributed by atoms with E-state index in [0.29, 0.717) is 29.2 Å². The molecule has 6 nitrogen and oxygen atoms in total. The van der Waals surface area contributed by atoms with E-state index in [4.69, 9.17) is 11.6 Å². The zero-order valence-corrected chi connectivity index (χ0v) is 14.3. The van der Waals surface area contributed by atoms with Crippen LogP contribution in [0.3, 0.4) is 0 Å². The van der Waals surface area contributed by atoms with Gasteiger partial charge >= 0.3 is 0 Å². The number of allylic oxidation sites excluding steroid dienone is 1. The van der Waals surface area contributed by atoms with Gasteiger partial charge in [-0.3, -0.25) is 0 Å². The van der Waals surface area contributed by atoms with Crippen LogP contribution in [0.5, 0.6) is 0 Å². The molecule has 3 N–H and O–H groups in total. The van der Waals surface area contributed by atoms with Crippen LogP contribution in [0, 0.1) is 0 Å². The van der Waals surface area contributed by atoms with Gasteiger partial charge in [-0.25, -0.2) is 0 Å². The molecule has 0 fully saturated rings. The molecule has 0 saturated carbocycles. The van der Waals surface area contributed by atoms with E-state index < -0.39 is 6.10 Å². The summed E-state index contributed by atoms with van der Waals surface area (Å²) in [5.41, 5.74) is 0.807. The lowest BCUT2D eigenvalue weighted by Gasteiger charge is -2.21. The van der Waals surface area contributed by atoms with Gasteiger partial charge in [0.15, 0.2) is 5.82 Å². The van der Waals surface area contributed by atoms with E-state index in [1.54, 1.807) is 0 Å². The van der Waals surface area contributed by atoms with Gasteiger partial charge in [0.05, 0.1) is 11.1 Å². The first-order valence-corrected chi connectivity index (χ1v) is 8.10. The molecule has 1 aliphatic carbocycles. The van der Waals surface area contributed by atoms with Gasteiger partial charge in [-0.1, -0.05) is 11.6 Å². The molecule has 0 aromatic carbocycles. The molecule has 0 saturated heterocycles. The first kappa shape index (κ1) is 17.0. The number of halogens is 1. The van der Waals surface area contributed by atoms with Gasteiger partial charge in [-0.05, 0) is 47.0 Å². The SMILES string of the molecule is CC(C)Nc1nc(NC(C)C)nc(C2=C(Cl)C(O)CCC2)n1. The van der Waals surface area contributed by atoms with Gasteiger partial charge in [0.1, 0.15) is 0 Å². The lowest BCUT2D eigenvalue weighted by molar-refractivity contribution is 0.201. The number of hydrogen-bond acceptors (Lipinski definition) is 6. The molecular weight excluding hydrogens is 302 g/mol. The Kier molecular flexibility index (Phi) is 5.58. The third-order valence-corrected chi connectivity index (χ3v) is 3.71. The maximum absolute atomic E-state index is 9.95. The third kappa shape index (κ3) is 4.30. The Bertz CT molecular complexity index is 531. The summed E-state index contributed by atoms with van der Waals surface area (Å²) in [5.74, 6) is 1.56. The van der Waals surface area contributed by atoms with Crippen molar-refractivity contribution in [1.29, 1.82) is 0 Å². The minimum absolute atomic E-state index is 0.212. The molecule has 122 valence electrons. The molecule has 0 amide bonds. The molecule has 1 aromatic rings. The molecule has 0 spiro atoms. The summed E-state index contributed by atoms with van der Waals surface area (Å²) < 4.78 is 0. The Morgan fingerprint density at radius 2 is 1.59 bits per heavy atom. The zero-order valence-electron chi connectivity index (χ0n) is 13.5. The summed E-state index contributed by atoms with van der Waals surface area (Å²) in [6, 6.07) is 0.423. The van der Waals surface area contributed by atoms with Gasteiger partial charge < -0.3 is 15.7 Å². The van der Waals surface area contributed by atoms with Gasteiger partial charge in [-0.15, -0.1) is 0 Å². The Morgan fingerprint density at radius 1 is 1.05 bits per heavy atom. The van der Waals surface area contributed by atoms with Crippen LogP contribution in [0.1, 0.15) is 52.8 Å². The van der Waals surface area contributed by atoms with Crippen molar-refractivity contribution < 1.29 is 5.11 Å². The van der Waals surface area contributed by atoms with E-state index in [9.17, 15) is 5.11 Å². The van der Waals surface area contributed by atoms with E-state index >= 15 is 0 Å². The Labute approximate surface area is 136 Å². The Morgan fingerprint density at radius 3 is 2.09 bits per heavy atom. The van der Waals surface area contributed by atoms with E-state index in [1.165, 1.54) is 0 Å². The summed E-state index contributed by atoms with van der Waals surface area (Å²) in [6.45, 7) is 8.09. The fourth-order valence-electron chi connectivity index (χ4n) is 2.29. The van der Waals surface area contributed by atoms with Crippen LogP contribution >= 0.6 is 11.6 Å². The maximum atomic E-state index is 9.95. The van der Waals surface area contributed by atoms with Crippen LogP contribution in [0.25, 0.3) is 5.57 Å². The summed E-state index contributed by atoms with van der Waals surface area (Å²) in [7, 11) is 0. The highest BCUT2D eigenvalue weighted by Gasteiger charge is 2.23. The zero-order chi connectivity index (χ0) is 16.3. The predicted molar refractivity (Wildman–Crippen MR) is 90.0 cm³/mol. The van der Waals surface area contributed by atoms with Crippen molar-refractivity contribution >= 4 is 29.1 Å². The number of anilines is 2. The fraction of sp³-hybridized carbons (Fsp3) is 0.667. The van der Waals surface area contributed by atoms with Gasteiger partial charge in [0, 0.05) is 17.7 Å². The minimum Gasteiger partial charge on any atom is -0.387 e. The summed E-state index contributed by atoms with van der Waals surface area (Å²) in [4.78, 5) is 13.3. The average Bonchev–Trinajstić information content (AvgIpc) is 2.40. The average molecular weight is 326 g/mol. The fourth-order valence-corrected chi connectivity index (χ4v) is 2.58. The van der Waals surface area contributed by atoms with Crippen LogP contribution in [0.15, 0.2) is 5.03 Å². The smallest absolute Gasteiger partial charge is 0.228 e. The molecule has 1 unspecified atom stereocenters. The van der Waals surface area contributed by atoms with Crippen molar-refractivity contribution in [2.75, 3.05) is 10.6 Å². The minimum atomic E-state index is -0.620. The standard InChI is InChI=1S/C15H24ClN5O/c1-8(2)17-14-19-13(20-15(21-14)18-9(3)4)10-6-5-7-11(22)12(10)16/h8-9,11,22H,5-7H2,1-4H3,(H2,17,18,19,20,21). The maximum Gasteiger partial charge on any atom is 0.228 e. The number of rotatable bonds is 5. The topological polar surface area (TPSA) is 83.0 Å². The van der Waals surface area contributed by atoms with Crippen molar-refractivity contribution in [3.8, 4) is 0 Å². The number of nitrogens with one attached hydrogen (secondary N) is 2. The highest BCUT2D eigenvalue weighted by Crippen LogP contribution is 2.33. The molecule has 0 aliphatic heterocycles. The third-order valence-electron chi connectivity index (χ3n) is 3.23. The second-order valence-electron chi connectivity index (χ2n) is 6.14. The highest BCUT2D eigenvalue weighted by atomic mass is 35.5. The number of nitrogens with zero attached hydrogens (tertiary/aromatic N) is 3. The van der Waals surface area contributed by atoms with E-state index in [0.717, 1.165) is 18.4 Å². The highest BCUT2D eigenvalue weighted by molar-refractivity contribution is 6.33. The first-order valence-electron chi connectivity index (χ1n) is 7.73. The van der Waals surface area contributed by atoms with Gasteiger partial charge in [0.2, 0.25) is 11.9 Å². The Hall–Kier alpha value is -1.40. The van der Waals surface area contributed by atoms with Crippen molar-refractivity contribution in [3.63, 3.8) is 0 Å². The van der Waals surface area contributed by atoms with Crippen molar-refractivity contribution in [2.45, 2.75) is 65.1 Å². The van der Waals surface area contributed by atoms with Crippen LogP contribution in [0.4, 0.5) is 11.9 Å². The molecule has 0 radical (unpaired) electrons. The van der Waals surface area contributed by atoms with E-state index in [2.05, 4.69) is 25.6 Å². The predicted octanol–water partition coefficient (Wildman–Crippen LogP) is 3.01. The quantitative estimate of drug-likeness (QED) is 0.772. The first-order chi connectivity index (χ1) is 10.4. The molecule has 7 heteroatoms.